The van der Waals surface area contributed by atoms with Gasteiger partial charge in [0.15, 0.2) is 0 Å². The van der Waals surface area contributed by atoms with Gasteiger partial charge in [-0.05, 0) is 18.7 Å². The molecule has 0 aliphatic rings. The van der Waals surface area contributed by atoms with Crippen molar-refractivity contribution in [2.75, 3.05) is 13.1 Å². The molecular formula is C12H18N2O. The highest BCUT2D eigenvalue weighted by Crippen LogP contribution is 2.02. The summed E-state index contributed by atoms with van der Waals surface area (Å²) in [6.45, 7) is 5.65. The molecule has 1 N–H and O–H groups in total. The summed E-state index contributed by atoms with van der Waals surface area (Å²) in [5, 5.41) is 3.17. The van der Waals surface area contributed by atoms with Crippen LogP contribution in [0.4, 0.5) is 0 Å². The van der Waals surface area contributed by atoms with Gasteiger partial charge in [-0.3, -0.25) is 9.78 Å². The van der Waals surface area contributed by atoms with Crippen molar-refractivity contribution < 1.29 is 4.79 Å². The van der Waals surface area contributed by atoms with Gasteiger partial charge in [0.25, 0.3) is 0 Å². The summed E-state index contributed by atoms with van der Waals surface area (Å²) in [5.41, 5.74) is 0.853. The number of rotatable bonds is 6. The third-order valence-electron chi connectivity index (χ3n) is 2.33. The van der Waals surface area contributed by atoms with Crippen LogP contribution in [0.3, 0.4) is 0 Å². The fraction of sp³-hybridized carbons (Fsp3) is 0.500. The quantitative estimate of drug-likeness (QED) is 0.765. The molecule has 0 saturated carbocycles. The highest BCUT2D eigenvalue weighted by molar-refractivity contribution is 5.82. The van der Waals surface area contributed by atoms with E-state index in [0.717, 1.165) is 18.8 Å². The molecule has 1 heterocycles. The van der Waals surface area contributed by atoms with Crippen LogP contribution in [-0.2, 0) is 11.2 Å². The van der Waals surface area contributed by atoms with E-state index in [-0.39, 0.29) is 11.7 Å². The number of ketones is 1. The molecule has 1 aromatic heterocycles. The molecular weight excluding hydrogens is 188 g/mol. The number of aromatic nitrogens is 1. The predicted molar refractivity (Wildman–Crippen MR) is 60.7 cm³/mol. The lowest BCUT2D eigenvalue weighted by Crippen LogP contribution is -2.27. The van der Waals surface area contributed by atoms with E-state index in [1.165, 1.54) is 0 Å². The average Bonchev–Trinajstić information content (AvgIpc) is 2.27. The zero-order chi connectivity index (χ0) is 11.1. The second-order valence-electron chi connectivity index (χ2n) is 3.67. The van der Waals surface area contributed by atoms with Crippen LogP contribution >= 0.6 is 0 Å². The van der Waals surface area contributed by atoms with E-state index in [1.807, 2.05) is 32.0 Å². The Bertz CT molecular complexity index is 298. The predicted octanol–water partition coefficient (Wildman–Crippen LogP) is 1.44. The van der Waals surface area contributed by atoms with E-state index in [4.69, 9.17) is 0 Å². The number of hydrogen-bond acceptors (Lipinski definition) is 3. The van der Waals surface area contributed by atoms with Crippen LogP contribution in [0.2, 0.25) is 0 Å². The minimum Gasteiger partial charge on any atom is -0.316 e. The van der Waals surface area contributed by atoms with Crippen LogP contribution in [0.15, 0.2) is 24.4 Å². The molecule has 0 aliphatic heterocycles. The number of carbonyl (C=O) groups is 1. The van der Waals surface area contributed by atoms with E-state index in [0.29, 0.717) is 6.42 Å². The van der Waals surface area contributed by atoms with Gasteiger partial charge in [0, 0.05) is 30.8 Å². The Morgan fingerprint density at radius 3 is 2.93 bits per heavy atom. The van der Waals surface area contributed by atoms with Crippen LogP contribution in [0.5, 0.6) is 0 Å². The Balaban J connectivity index is 2.42. The number of carbonyl (C=O) groups excluding carboxylic acids is 1. The van der Waals surface area contributed by atoms with Gasteiger partial charge in [0.2, 0.25) is 0 Å². The first-order chi connectivity index (χ1) is 7.24. The fourth-order valence-corrected chi connectivity index (χ4v) is 1.33. The molecule has 0 radical (unpaired) electrons. The summed E-state index contributed by atoms with van der Waals surface area (Å²) in [5.74, 6) is 0.307. The van der Waals surface area contributed by atoms with Crippen LogP contribution in [0.25, 0.3) is 0 Å². The number of pyridine rings is 1. The summed E-state index contributed by atoms with van der Waals surface area (Å²) in [6.07, 6.45) is 2.16. The molecule has 15 heavy (non-hydrogen) atoms. The van der Waals surface area contributed by atoms with Crippen LogP contribution in [0.1, 0.15) is 19.5 Å². The third kappa shape index (κ3) is 4.21. The first-order valence-corrected chi connectivity index (χ1v) is 5.37. The fourth-order valence-electron chi connectivity index (χ4n) is 1.33. The Labute approximate surface area is 90.9 Å². The van der Waals surface area contributed by atoms with E-state index in [1.54, 1.807) is 6.20 Å². The zero-order valence-corrected chi connectivity index (χ0v) is 9.36. The number of nitrogens with zero attached hydrogens (tertiary/aromatic N) is 1. The van der Waals surface area contributed by atoms with Crippen molar-refractivity contribution in [3.8, 4) is 0 Å². The Hall–Kier alpha value is -1.22. The lowest BCUT2D eigenvalue weighted by Gasteiger charge is -2.10. The average molecular weight is 206 g/mol. The van der Waals surface area contributed by atoms with Crippen molar-refractivity contribution in [1.82, 2.24) is 10.3 Å². The minimum atomic E-state index is 0.0620. The van der Waals surface area contributed by atoms with Crippen molar-refractivity contribution in [1.29, 1.82) is 0 Å². The summed E-state index contributed by atoms with van der Waals surface area (Å²) in [4.78, 5) is 15.9. The normalized spacial score (nSPS) is 12.4. The van der Waals surface area contributed by atoms with Gasteiger partial charge >= 0.3 is 0 Å². The second kappa shape index (κ2) is 6.30. The van der Waals surface area contributed by atoms with Gasteiger partial charge in [-0.15, -0.1) is 0 Å². The molecule has 82 valence electrons. The first-order valence-electron chi connectivity index (χ1n) is 5.37. The molecule has 1 aromatic rings. The minimum absolute atomic E-state index is 0.0620. The van der Waals surface area contributed by atoms with Crippen molar-refractivity contribution in [2.45, 2.75) is 20.3 Å². The van der Waals surface area contributed by atoms with Crippen LogP contribution in [-0.4, -0.2) is 23.9 Å². The topological polar surface area (TPSA) is 42.0 Å². The van der Waals surface area contributed by atoms with Gasteiger partial charge in [0.05, 0.1) is 0 Å². The van der Waals surface area contributed by atoms with Crippen LogP contribution < -0.4 is 5.32 Å². The Kier molecular flexibility index (Phi) is 4.98. The van der Waals surface area contributed by atoms with Crippen molar-refractivity contribution in [3.63, 3.8) is 0 Å². The van der Waals surface area contributed by atoms with Gasteiger partial charge in [-0.25, -0.2) is 0 Å². The van der Waals surface area contributed by atoms with E-state index < -0.39 is 0 Å². The van der Waals surface area contributed by atoms with Gasteiger partial charge in [-0.1, -0.05) is 19.9 Å². The highest BCUT2D eigenvalue weighted by atomic mass is 16.1. The molecule has 3 nitrogen and oxygen atoms in total. The molecule has 1 atom stereocenters. The number of nitrogens with one attached hydrogen (secondary N) is 1. The summed E-state index contributed by atoms with van der Waals surface area (Å²) in [7, 11) is 0. The first kappa shape index (κ1) is 11.9. The Morgan fingerprint density at radius 2 is 2.33 bits per heavy atom. The molecule has 0 aliphatic carbocycles. The maximum absolute atomic E-state index is 11.7. The molecule has 0 bridgehead atoms. The molecule has 1 rings (SSSR count). The summed E-state index contributed by atoms with van der Waals surface area (Å²) >= 11 is 0. The largest absolute Gasteiger partial charge is 0.316 e. The van der Waals surface area contributed by atoms with Crippen molar-refractivity contribution in [2.24, 2.45) is 5.92 Å². The SMILES string of the molecule is CCNCC(C)C(=O)Cc1ccccn1. The third-order valence-corrected chi connectivity index (χ3v) is 2.33. The molecule has 0 aromatic carbocycles. The molecule has 3 heteroatoms. The molecule has 0 spiro atoms. The smallest absolute Gasteiger partial charge is 0.142 e. The molecule has 0 saturated heterocycles. The lowest BCUT2D eigenvalue weighted by molar-refractivity contribution is -0.121. The van der Waals surface area contributed by atoms with E-state index >= 15 is 0 Å². The van der Waals surface area contributed by atoms with E-state index in [9.17, 15) is 4.79 Å². The van der Waals surface area contributed by atoms with Crippen molar-refractivity contribution >= 4 is 5.78 Å². The summed E-state index contributed by atoms with van der Waals surface area (Å²) < 4.78 is 0. The summed E-state index contributed by atoms with van der Waals surface area (Å²) in [6, 6.07) is 5.65. The monoisotopic (exact) mass is 206 g/mol. The second-order valence-corrected chi connectivity index (χ2v) is 3.67. The van der Waals surface area contributed by atoms with Gasteiger partial charge in [-0.2, -0.15) is 0 Å². The Morgan fingerprint density at radius 1 is 1.53 bits per heavy atom. The van der Waals surface area contributed by atoms with E-state index in [2.05, 4.69) is 10.3 Å². The highest BCUT2D eigenvalue weighted by Gasteiger charge is 2.12. The zero-order valence-electron chi connectivity index (χ0n) is 9.36. The molecule has 0 fully saturated rings. The number of Topliss-reactive ketones (excluding diaryl/α,β-unsaturated/α-hetero) is 1. The maximum Gasteiger partial charge on any atom is 0.142 e. The van der Waals surface area contributed by atoms with Crippen LogP contribution in [0, 0.1) is 5.92 Å². The van der Waals surface area contributed by atoms with Crippen molar-refractivity contribution in [3.05, 3.63) is 30.1 Å². The standard InChI is InChI=1S/C12H18N2O/c1-3-13-9-10(2)12(15)8-11-6-4-5-7-14-11/h4-7,10,13H,3,8-9H2,1-2H3. The van der Waals surface area contributed by atoms with Gasteiger partial charge in [0.1, 0.15) is 5.78 Å². The van der Waals surface area contributed by atoms with Gasteiger partial charge < -0.3 is 5.32 Å². The molecule has 0 amide bonds. The lowest BCUT2D eigenvalue weighted by atomic mass is 10.0. The number of hydrogen-bond donors (Lipinski definition) is 1. The molecule has 1 unspecified atom stereocenters. The maximum atomic E-state index is 11.7.